The predicted octanol–water partition coefficient (Wildman–Crippen LogP) is 0.290. The van der Waals surface area contributed by atoms with E-state index in [9.17, 15) is 0 Å². The third-order valence-corrected chi connectivity index (χ3v) is 2.72. The van der Waals surface area contributed by atoms with Crippen LogP contribution >= 0.6 is 0 Å². The fourth-order valence-electron chi connectivity index (χ4n) is 1.95. The number of nitrogens with zero attached hydrogens (tertiary/aromatic N) is 1. The van der Waals surface area contributed by atoms with Crippen LogP contribution in [0.1, 0.15) is 34.1 Å². The lowest BCUT2D eigenvalue weighted by Crippen LogP contribution is -2.50. The maximum absolute atomic E-state index is 4.56. The van der Waals surface area contributed by atoms with Crippen LogP contribution in [-0.2, 0) is 0 Å². The fourth-order valence-corrected chi connectivity index (χ4v) is 1.95. The molecule has 1 heterocycles. The maximum Gasteiger partial charge on any atom is 0.191 e. The Kier molecular flexibility index (Phi) is 7.05. The van der Waals surface area contributed by atoms with Crippen LogP contribution in [0.5, 0.6) is 0 Å². The van der Waals surface area contributed by atoms with Gasteiger partial charge in [0.2, 0.25) is 0 Å². The van der Waals surface area contributed by atoms with Crippen LogP contribution in [0.4, 0.5) is 0 Å². The van der Waals surface area contributed by atoms with Gasteiger partial charge in [-0.05, 0) is 34.1 Å². The molecule has 1 atom stereocenters. The highest BCUT2D eigenvalue weighted by atomic mass is 15.2. The van der Waals surface area contributed by atoms with Crippen LogP contribution in [-0.4, -0.2) is 50.3 Å². The molecule has 18 heavy (non-hydrogen) atoms. The summed E-state index contributed by atoms with van der Waals surface area (Å²) in [6.45, 7) is 12.6. The number of aliphatic imine (C=N–C) groups is 1. The van der Waals surface area contributed by atoms with Crippen molar-refractivity contribution >= 4 is 5.96 Å². The standard InChI is InChI=1S/C13H29N5/c1-10(2)17-13(18-11(3)4)16-6-5-12-9-14-7-8-15-12/h10-12,14-15H,5-9H2,1-4H3,(H2,16,17,18). The molecule has 1 saturated heterocycles. The van der Waals surface area contributed by atoms with Crippen molar-refractivity contribution in [2.24, 2.45) is 4.99 Å². The predicted molar refractivity (Wildman–Crippen MR) is 78.1 cm³/mol. The van der Waals surface area contributed by atoms with Crippen LogP contribution in [0, 0.1) is 0 Å². The van der Waals surface area contributed by atoms with Gasteiger partial charge < -0.3 is 21.3 Å². The highest BCUT2D eigenvalue weighted by molar-refractivity contribution is 5.80. The molecule has 0 saturated carbocycles. The Bertz CT molecular complexity index is 244. The lowest BCUT2D eigenvalue weighted by atomic mass is 10.1. The Hall–Kier alpha value is -0.810. The second-order valence-corrected chi connectivity index (χ2v) is 5.44. The molecule has 0 bridgehead atoms. The van der Waals surface area contributed by atoms with E-state index in [-0.39, 0.29) is 0 Å². The molecule has 1 rings (SSSR count). The molecule has 0 radical (unpaired) electrons. The van der Waals surface area contributed by atoms with E-state index in [1.54, 1.807) is 0 Å². The average molecular weight is 255 g/mol. The highest BCUT2D eigenvalue weighted by Gasteiger charge is 2.11. The summed E-state index contributed by atoms with van der Waals surface area (Å²) >= 11 is 0. The van der Waals surface area contributed by atoms with E-state index in [1.807, 2.05) is 0 Å². The number of nitrogens with one attached hydrogen (secondary N) is 4. The summed E-state index contributed by atoms with van der Waals surface area (Å²) in [7, 11) is 0. The first-order valence-electron chi connectivity index (χ1n) is 7.10. The molecule has 0 aliphatic carbocycles. The summed E-state index contributed by atoms with van der Waals surface area (Å²) in [5.41, 5.74) is 0. The van der Waals surface area contributed by atoms with E-state index in [4.69, 9.17) is 0 Å². The third kappa shape index (κ3) is 6.81. The van der Waals surface area contributed by atoms with Gasteiger partial charge in [-0.25, -0.2) is 0 Å². The zero-order chi connectivity index (χ0) is 13.4. The van der Waals surface area contributed by atoms with Gasteiger partial charge in [-0.2, -0.15) is 0 Å². The van der Waals surface area contributed by atoms with Crippen LogP contribution in [0.3, 0.4) is 0 Å². The van der Waals surface area contributed by atoms with E-state index in [1.165, 1.54) is 0 Å². The SMILES string of the molecule is CC(C)N=C(NCCC1CNCCN1)NC(C)C. The van der Waals surface area contributed by atoms with Gasteiger partial charge in [0.15, 0.2) is 5.96 Å². The molecular formula is C13H29N5. The van der Waals surface area contributed by atoms with Gasteiger partial charge in [-0.15, -0.1) is 0 Å². The summed E-state index contributed by atoms with van der Waals surface area (Å²) in [5, 5.41) is 13.7. The van der Waals surface area contributed by atoms with Crippen molar-refractivity contribution in [2.45, 2.75) is 52.2 Å². The largest absolute Gasteiger partial charge is 0.356 e. The number of guanidine groups is 1. The van der Waals surface area contributed by atoms with Gasteiger partial charge in [0, 0.05) is 44.3 Å². The van der Waals surface area contributed by atoms with E-state index in [0.717, 1.165) is 38.6 Å². The Morgan fingerprint density at radius 3 is 2.61 bits per heavy atom. The van der Waals surface area contributed by atoms with E-state index in [0.29, 0.717) is 18.1 Å². The van der Waals surface area contributed by atoms with Gasteiger partial charge in [0.1, 0.15) is 0 Å². The summed E-state index contributed by atoms with van der Waals surface area (Å²) in [5.74, 6) is 0.920. The lowest BCUT2D eigenvalue weighted by Gasteiger charge is -2.25. The Morgan fingerprint density at radius 1 is 1.28 bits per heavy atom. The minimum Gasteiger partial charge on any atom is -0.356 e. The molecule has 106 valence electrons. The summed E-state index contributed by atoms with van der Waals surface area (Å²) in [6.07, 6.45) is 1.11. The fraction of sp³-hybridized carbons (Fsp3) is 0.923. The Morgan fingerprint density at radius 2 is 2.06 bits per heavy atom. The molecule has 1 fully saturated rings. The van der Waals surface area contributed by atoms with Crippen molar-refractivity contribution < 1.29 is 0 Å². The lowest BCUT2D eigenvalue weighted by molar-refractivity contribution is 0.398. The normalized spacial score (nSPS) is 21.4. The van der Waals surface area contributed by atoms with Gasteiger partial charge in [0.25, 0.3) is 0 Å². The second-order valence-electron chi connectivity index (χ2n) is 5.44. The van der Waals surface area contributed by atoms with Crippen LogP contribution in [0.2, 0.25) is 0 Å². The first-order valence-corrected chi connectivity index (χ1v) is 7.10. The molecule has 1 unspecified atom stereocenters. The first kappa shape index (κ1) is 15.2. The van der Waals surface area contributed by atoms with Gasteiger partial charge >= 0.3 is 0 Å². The van der Waals surface area contributed by atoms with Crippen molar-refractivity contribution in [2.75, 3.05) is 26.2 Å². The topological polar surface area (TPSA) is 60.5 Å². The van der Waals surface area contributed by atoms with Crippen molar-refractivity contribution in [1.29, 1.82) is 0 Å². The number of piperazine rings is 1. The molecule has 1 aliphatic heterocycles. The quantitative estimate of drug-likeness (QED) is 0.421. The van der Waals surface area contributed by atoms with Gasteiger partial charge in [-0.3, -0.25) is 4.99 Å². The molecule has 5 heteroatoms. The second kappa shape index (κ2) is 8.32. The van der Waals surface area contributed by atoms with Crippen LogP contribution in [0.25, 0.3) is 0 Å². The molecule has 4 N–H and O–H groups in total. The zero-order valence-electron chi connectivity index (χ0n) is 12.2. The molecule has 0 aromatic heterocycles. The smallest absolute Gasteiger partial charge is 0.191 e. The van der Waals surface area contributed by atoms with E-state index >= 15 is 0 Å². The monoisotopic (exact) mass is 255 g/mol. The molecule has 0 aromatic rings. The minimum absolute atomic E-state index is 0.313. The van der Waals surface area contributed by atoms with Crippen molar-refractivity contribution in [1.82, 2.24) is 21.3 Å². The molecular weight excluding hydrogens is 226 g/mol. The number of hydrogen-bond acceptors (Lipinski definition) is 3. The Labute approximate surface area is 111 Å². The number of rotatable bonds is 5. The molecule has 5 nitrogen and oxygen atoms in total. The summed E-state index contributed by atoms with van der Waals surface area (Å²) in [6, 6.07) is 1.29. The molecule has 0 amide bonds. The summed E-state index contributed by atoms with van der Waals surface area (Å²) < 4.78 is 0. The third-order valence-electron chi connectivity index (χ3n) is 2.72. The number of hydrogen-bond donors (Lipinski definition) is 4. The van der Waals surface area contributed by atoms with Crippen LogP contribution in [0.15, 0.2) is 4.99 Å². The van der Waals surface area contributed by atoms with Crippen LogP contribution < -0.4 is 21.3 Å². The summed E-state index contributed by atoms with van der Waals surface area (Å²) in [4.78, 5) is 4.56. The minimum atomic E-state index is 0.313. The van der Waals surface area contributed by atoms with Crippen molar-refractivity contribution in [3.8, 4) is 0 Å². The Balaban J connectivity index is 2.27. The molecule has 1 aliphatic rings. The maximum atomic E-state index is 4.56. The van der Waals surface area contributed by atoms with Crippen molar-refractivity contribution in [3.63, 3.8) is 0 Å². The molecule has 0 aromatic carbocycles. The zero-order valence-corrected chi connectivity index (χ0v) is 12.2. The van der Waals surface area contributed by atoms with Gasteiger partial charge in [-0.1, -0.05) is 0 Å². The average Bonchev–Trinajstić information content (AvgIpc) is 2.28. The molecule has 0 spiro atoms. The first-order chi connectivity index (χ1) is 8.58. The van der Waals surface area contributed by atoms with Crippen molar-refractivity contribution in [3.05, 3.63) is 0 Å². The van der Waals surface area contributed by atoms with E-state index < -0.39 is 0 Å². The highest BCUT2D eigenvalue weighted by Crippen LogP contribution is 1.93. The van der Waals surface area contributed by atoms with E-state index in [2.05, 4.69) is 54.0 Å². The van der Waals surface area contributed by atoms with Gasteiger partial charge in [0.05, 0.1) is 0 Å².